The van der Waals surface area contributed by atoms with Crippen molar-refractivity contribution in [1.29, 1.82) is 5.26 Å². The van der Waals surface area contributed by atoms with Crippen LogP contribution in [0.25, 0.3) is 21.8 Å². The fourth-order valence-electron chi connectivity index (χ4n) is 10.6. The molecule has 3 aromatic heterocycles. The van der Waals surface area contributed by atoms with Crippen LogP contribution in [0.3, 0.4) is 0 Å². The van der Waals surface area contributed by atoms with Crippen molar-refractivity contribution in [2.24, 2.45) is 16.7 Å². The minimum Gasteiger partial charge on any atom is -0.488 e. The summed E-state index contributed by atoms with van der Waals surface area (Å²) in [7, 11) is 0. The molecule has 2 N–H and O–H groups in total. The fourth-order valence-corrected chi connectivity index (χ4v) is 10.6. The summed E-state index contributed by atoms with van der Waals surface area (Å²) >= 11 is 0. The van der Waals surface area contributed by atoms with E-state index >= 15 is 0 Å². The Labute approximate surface area is 349 Å². The van der Waals surface area contributed by atoms with Gasteiger partial charge >= 0.3 is 6.03 Å². The molecule has 9 rings (SSSR count). The van der Waals surface area contributed by atoms with Crippen LogP contribution in [0.4, 0.5) is 16.3 Å². The molecule has 6 heterocycles. The van der Waals surface area contributed by atoms with Crippen LogP contribution in [0.2, 0.25) is 0 Å². The zero-order valence-electron chi connectivity index (χ0n) is 34.7. The fraction of sp³-hybridized carbons (Fsp3) is 0.457. The number of amides is 4. The molecular formula is C46H52N10O4. The number of aromatic nitrogens is 4. The summed E-state index contributed by atoms with van der Waals surface area (Å²) in [6.07, 6.45) is 9.55. The lowest BCUT2D eigenvalue weighted by Crippen LogP contribution is -2.74. The van der Waals surface area contributed by atoms with E-state index in [1.165, 1.54) is 0 Å². The van der Waals surface area contributed by atoms with Crippen LogP contribution in [-0.4, -0.2) is 93.9 Å². The molecule has 0 unspecified atom stereocenters. The van der Waals surface area contributed by atoms with Gasteiger partial charge in [-0.2, -0.15) is 10.4 Å². The highest BCUT2D eigenvalue weighted by Gasteiger charge is 2.64. The second-order valence-corrected chi connectivity index (χ2v) is 18.1. The quantitative estimate of drug-likeness (QED) is 0.169. The number of carbonyl (C=O) groups excluding carboxylic acids is 3. The Balaban J connectivity index is 0.751. The average Bonchev–Trinajstić information content (AvgIpc) is 3.70. The molecular weight excluding hydrogens is 757 g/mol. The number of piperidine rings is 2. The lowest BCUT2D eigenvalue weighted by Gasteiger charge is -2.63. The Morgan fingerprint density at radius 1 is 0.900 bits per heavy atom. The minimum absolute atomic E-state index is 0.140. The summed E-state index contributed by atoms with van der Waals surface area (Å²) in [6, 6.07) is 19.2. The van der Waals surface area contributed by atoms with Crippen molar-refractivity contribution in [2.75, 3.05) is 49.1 Å². The zero-order chi connectivity index (χ0) is 41.8. The Morgan fingerprint density at radius 3 is 2.40 bits per heavy atom. The van der Waals surface area contributed by atoms with Gasteiger partial charge < -0.3 is 19.9 Å². The van der Waals surface area contributed by atoms with Crippen LogP contribution in [0.5, 0.6) is 5.75 Å². The number of hydrogen-bond acceptors (Lipinski definition) is 10. The highest BCUT2D eigenvalue weighted by molar-refractivity contribution is 6.09. The third kappa shape index (κ3) is 7.08. The Hall–Kier alpha value is -6.07. The van der Waals surface area contributed by atoms with Crippen molar-refractivity contribution >= 4 is 51.2 Å². The molecule has 1 saturated carbocycles. The third-order valence-electron chi connectivity index (χ3n) is 13.5. The number of likely N-dealkylation sites (tertiary alicyclic amines) is 1. The van der Waals surface area contributed by atoms with Crippen LogP contribution in [0.15, 0.2) is 73.2 Å². The molecule has 0 atom stereocenters. The van der Waals surface area contributed by atoms with Crippen LogP contribution in [0.1, 0.15) is 81.8 Å². The Bertz CT molecular complexity index is 2480. The van der Waals surface area contributed by atoms with Gasteiger partial charge in [-0.15, -0.1) is 0 Å². The first-order valence-corrected chi connectivity index (χ1v) is 21.2. The van der Waals surface area contributed by atoms with E-state index in [-0.39, 0.29) is 47.2 Å². The molecule has 5 aromatic rings. The monoisotopic (exact) mass is 808 g/mol. The first-order chi connectivity index (χ1) is 28.9. The van der Waals surface area contributed by atoms with Gasteiger partial charge in [-0.25, -0.2) is 9.78 Å². The number of carbonyl (C=O) groups is 3. The van der Waals surface area contributed by atoms with E-state index in [0.29, 0.717) is 40.9 Å². The zero-order valence-corrected chi connectivity index (χ0v) is 34.7. The number of nitriles is 1. The van der Waals surface area contributed by atoms with Crippen molar-refractivity contribution in [3.05, 3.63) is 84.3 Å². The Morgan fingerprint density at radius 2 is 1.68 bits per heavy atom. The second kappa shape index (κ2) is 15.5. The number of anilines is 2. The number of nitrogens with one attached hydrogen (secondary N) is 2. The van der Waals surface area contributed by atoms with E-state index in [4.69, 9.17) is 14.8 Å². The minimum atomic E-state index is -0.380. The lowest BCUT2D eigenvalue weighted by molar-refractivity contribution is -0.163. The van der Waals surface area contributed by atoms with Gasteiger partial charge in [0.25, 0.3) is 5.91 Å². The molecule has 4 aliphatic rings. The normalized spacial score (nSPS) is 22.3. The maximum atomic E-state index is 13.6. The van der Waals surface area contributed by atoms with Crippen LogP contribution in [0, 0.1) is 28.1 Å². The lowest BCUT2D eigenvalue weighted by atomic mass is 9.49. The summed E-state index contributed by atoms with van der Waals surface area (Å²) in [5.41, 5.74) is 2.74. The maximum Gasteiger partial charge on any atom is 0.328 e. The number of hydrogen-bond donors (Lipinski definition) is 2. The summed E-state index contributed by atoms with van der Waals surface area (Å²) in [5.74, 6) is 1.81. The van der Waals surface area contributed by atoms with Crippen molar-refractivity contribution in [3.8, 4) is 11.8 Å². The van der Waals surface area contributed by atoms with Crippen LogP contribution >= 0.6 is 0 Å². The van der Waals surface area contributed by atoms with Gasteiger partial charge in [0.15, 0.2) is 0 Å². The van der Waals surface area contributed by atoms with Gasteiger partial charge in [0.05, 0.1) is 40.1 Å². The van der Waals surface area contributed by atoms with Crippen LogP contribution in [-0.2, 0) is 4.79 Å². The number of urea groups is 1. The molecule has 2 aromatic carbocycles. The molecule has 14 nitrogen and oxygen atoms in total. The first kappa shape index (κ1) is 39.4. The van der Waals surface area contributed by atoms with Gasteiger partial charge in [0, 0.05) is 85.7 Å². The van der Waals surface area contributed by atoms with Crippen molar-refractivity contribution in [1.82, 2.24) is 35.3 Å². The van der Waals surface area contributed by atoms with Gasteiger partial charge in [-0.05, 0) is 80.1 Å². The van der Waals surface area contributed by atoms with Crippen molar-refractivity contribution in [3.63, 3.8) is 0 Å². The molecule has 3 saturated heterocycles. The van der Waals surface area contributed by atoms with E-state index in [9.17, 15) is 19.6 Å². The molecule has 60 heavy (non-hydrogen) atoms. The van der Waals surface area contributed by atoms with E-state index in [1.54, 1.807) is 23.4 Å². The summed E-state index contributed by atoms with van der Waals surface area (Å²) in [6.45, 7) is 13.8. The predicted octanol–water partition coefficient (Wildman–Crippen LogP) is 6.46. The molecule has 310 valence electrons. The number of pyridine rings is 2. The predicted molar refractivity (Wildman–Crippen MR) is 229 cm³/mol. The molecule has 0 bridgehead atoms. The molecule has 0 radical (unpaired) electrons. The largest absolute Gasteiger partial charge is 0.488 e. The van der Waals surface area contributed by atoms with Gasteiger partial charge in [0.2, 0.25) is 5.91 Å². The van der Waals surface area contributed by atoms with E-state index < -0.39 is 0 Å². The maximum absolute atomic E-state index is 13.6. The molecule has 14 heteroatoms. The second-order valence-electron chi connectivity index (χ2n) is 18.1. The number of ether oxygens (including phenoxy) is 1. The summed E-state index contributed by atoms with van der Waals surface area (Å²) < 4.78 is 8.79. The topological polar surface area (TPSA) is 162 Å². The van der Waals surface area contributed by atoms with Crippen LogP contribution < -0.4 is 25.2 Å². The molecule has 3 aliphatic heterocycles. The summed E-state index contributed by atoms with van der Waals surface area (Å²) in [4.78, 5) is 53.6. The number of fused-ring (bicyclic) bond motifs is 2. The van der Waals surface area contributed by atoms with E-state index in [0.717, 1.165) is 86.2 Å². The summed E-state index contributed by atoms with van der Waals surface area (Å²) in [5, 5.41) is 21.8. The SMILES string of the molecule is CC1(C)[C@H](NC(=O)c2ccc(N3CCC(CN4CCC(n5ncc6c(N7CCC(=O)NC7=O)cccc65)CC4)CC3)nc2)C(C)(C)[C@H]1Oc1ccc(C#N)c2ncccc12. The van der Waals surface area contributed by atoms with Crippen molar-refractivity contribution in [2.45, 2.75) is 78.0 Å². The number of rotatable bonds is 9. The number of benzene rings is 2. The van der Waals surface area contributed by atoms with Gasteiger partial charge in [0.1, 0.15) is 23.7 Å². The smallest absolute Gasteiger partial charge is 0.328 e. The number of nitrogens with zero attached hydrogens (tertiary/aromatic N) is 8. The molecule has 1 aliphatic carbocycles. The highest BCUT2D eigenvalue weighted by atomic mass is 16.5. The first-order valence-electron chi connectivity index (χ1n) is 21.2. The molecule has 4 fully saturated rings. The van der Waals surface area contributed by atoms with Gasteiger partial charge in [-0.3, -0.25) is 29.5 Å². The Kier molecular flexibility index (Phi) is 10.2. The molecule has 4 amide bonds. The standard InChI is InChI=1S/C46H52N10O4/c1-45(2)42(46(3,4)43(45)60-37-12-10-30(25-47)40-33(37)7-6-19-48-40)52-41(58)31-11-13-38(49-26-31)54-22-14-29(15-23-54)28-53-20-16-32(17-21-53)56-36-9-5-8-35(34(36)27-50-56)55-24-18-39(57)51-44(55)59/h5-13,19,26-27,29,32,42-43H,14-18,20-24,28H2,1-4H3,(H,52,58)(H,51,57,59)/t42-,43-. The van der Waals surface area contributed by atoms with E-state index in [2.05, 4.69) is 69.9 Å². The average molecular weight is 809 g/mol. The molecule has 0 spiro atoms. The van der Waals surface area contributed by atoms with E-state index in [1.807, 2.05) is 48.7 Å². The third-order valence-corrected chi connectivity index (χ3v) is 13.5. The van der Waals surface area contributed by atoms with Gasteiger partial charge in [-0.1, -0.05) is 33.8 Å². The number of imide groups is 1. The highest BCUT2D eigenvalue weighted by Crippen LogP contribution is 2.56. The van der Waals surface area contributed by atoms with Crippen molar-refractivity contribution < 1.29 is 19.1 Å².